The number of fused-ring (bicyclic) bond motifs is 10. The van der Waals surface area contributed by atoms with Gasteiger partial charge in [0.25, 0.3) is 0 Å². The fraction of sp³-hybridized carbons (Fsp3) is 0.0233. The molecule has 7 aromatic carbocycles. The van der Waals surface area contributed by atoms with Crippen LogP contribution in [-0.4, -0.2) is 0 Å². The summed E-state index contributed by atoms with van der Waals surface area (Å²) < 4.78 is 0. The van der Waals surface area contributed by atoms with Gasteiger partial charge in [-0.15, -0.1) is 0 Å². The zero-order valence-corrected chi connectivity index (χ0v) is 24.2. The molecule has 0 saturated carbocycles. The smallest absolute Gasteiger partial charge is 0.0725 e. The molecule has 0 aliphatic heterocycles. The lowest BCUT2D eigenvalue weighted by molar-refractivity contribution is 0.794. The van der Waals surface area contributed by atoms with Gasteiger partial charge in [-0.25, -0.2) is 0 Å². The van der Waals surface area contributed by atoms with E-state index in [1.807, 2.05) is 0 Å². The lowest BCUT2D eigenvalue weighted by Gasteiger charge is -2.30. The van der Waals surface area contributed by atoms with Gasteiger partial charge in [-0.05, 0) is 79.4 Å². The van der Waals surface area contributed by atoms with Crippen LogP contribution in [0.25, 0.3) is 44.5 Å². The van der Waals surface area contributed by atoms with Gasteiger partial charge in [0.15, 0.2) is 0 Å². The second kappa shape index (κ2) is 9.69. The summed E-state index contributed by atoms with van der Waals surface area (Å²) in [6.45, 7) is 0. The van der Waals surface area contributed by atoms with Crippen LogP contribution in [-0.2, 0) is 5.41 Å². The zero-order valence-electron chi connectivity index (χ0n) is 24.2. The Bertz CT molecular complexity index is 2140. The minimum absolute atomic E-state index is 0.322. The van der Waals surface area contributed by atoms with E-state index in [-0.39, 0.29) is 5.41 Å². The third-order valence-corrected chi connectivity index (χ3v) is 9.51. The second-order valence-electron chi connectivity index (χ2n) is 11.7. The van der Waals surface area contributed by atoms with Crippen molar-refractivity contribution in [2.45, 2.75) is 5.41 Å². The Morgan fingerprint density at radius 1 is 0.318 bits per heavy atom. The molecule has 1 N–H and O–H groups in total. The van der Waals surface area contributed by atoms with Crippen molar-refractivity contribution < 1.29 is 0 Å². The van der Waals surface area contributed by atoms with Crippen LogP contribution >= 0.6 is 0 Å². The normalized spacial score (nSPS) is 13.2. The summed E-state index contributed by atoms with van der Waals surface area (Å²) in [5.74, 6) is 0. The van der Waals surface area contributed by atoms with Crippen LogP contribution in [0.5, 0.6) is 0 Å². The molecule has 206 valence electrons. The molecule has 2 aliphatic rings. The van der Waals surface area contributed by atoms with Gasteiger partial charge in [0, 0.05) is 16.9 Å². The van der Waals surface area contributed by atoms with E-state index in [0.717, 1.165) is 11.4 Å². The maximum atomic E-state index is 3.68. The van der Waals surface area contributed by atoms with Crippen LogP contribution in [0.15, 0.2) is 170 Å². The maximum absolute atomic E-state index is 3.68. The molecular formula is C43H29N. The summed E-state index contributed by atoms with van der Waals surface area (Å²) in [6, 6.07) is 61.9. The predicted molar refractivity (Wildman–Crippen MR) is 183 cm³/mol. The van der Waals surface area contributed by atoms with E-state index < -0.39 is 0 Å². The maximum Gasteiger partial charge on any atom is 0.0725 e. The van der Waals surface area contributed by atoms with Gasteiger partial charge in [0.1, 0.15) is 0 Å². The van der Waals surface area contributed by atoms with Crippen molar-refractivity contribution in [1.82, 2.24) is 0 Å². The number of rotatable bonds is 4. The molecule has 0 unspecified atom stereocenters. The summed E-state index contributed by atoms with van der Waals surface area (Å²) in [7, 11) is 0. The lowest BCUT2D eigenvalue weighted by atomic mass is 9.70. The van der Waals surface area contributed by atoms with Crippen LogP contribution in [0, 0.1) is 0 Å². The van der Waals surface area contributed by atoms with Crippen molar-refractivity contribution >= 4 is 11.4 Å². The lowest BCUT2D eigenvalue weighted by Crippen LogP contribution is -2.25. The highest BCUT2D eigenvalue weighted by Gasteiger charge is 2.51. The highest BCUT2D eigenvalue weighted by atomic mass is 14.9. The van der Waals surface area contributed by atoms with E-state index in [0.29, 0.717) is 0 Å². The first-order chi connectivity index (χ1) is 21.8. The molecule has 44 heavy (non-hydrogen) atoms. The predicted octanol–water partition coefficient (Wildman–Crippen LogP) is 11.1. The van der Waals surface area contributed by atoms with Crippen molar-refractivity contribution in [3.8, 4) is 44.5 Å². The van der Waals surface area contributed by atoms with Crippen LogP contribution in [0.4, 0.5) is 11.4 Å². The van der Waals surface area contributed by atoms with Gasteiger partial charge >= 0.3 is 0 Å². The first kappa shape index (κ1) is 24.9. The molecule has 7 aromatic rings. The second-order valence-corrected chi connectivity index (χ2v) is 11.7. The molecule has 0 bridgehead atoms. The zero-order chi connectivity index (χ0) is 29.1. The van der Waals surface area contributed by atoms with Crippen molar-refractivity contribution in [2.24, 2.45) is 0 Å². The Kier molecular flexibility index (Phi) is 5.48. The number of nitrogens with one attached hydrogen (secondary N) is 1. The molecule has 0 aromatic heterocycles. The highest BCUT2D eigenvalue weighted by Crippen LogP contribution is 2.63. The molecular weight excluding hydrogens is 530 g/mol. The van der Waals surface area contributed by atoms with Crippen molar-refractivity contribution in [3.63, 3.8) is 0 Å². The minimum Gasteiger partial charge on any atom is -0.355 e. The minimum atomic E-state index is -0.322. The summed E-state index contributed by atoms with van der Waals surface area (Å²) in [5.41, 5.74) is 17.6. The van der Waals surface area contributed by atoms with E-state index >= 15 is 0 Å². The fourth-order valence-corrected chi connectivity index (χ4v) is 7.73. The largest absolute Gasteiger partial charge is 0.355 e. The molecule has 2 aliphatic carbocycles. The van der Waals surface area contributed by atoms with Gasteiger partial charge in [0.05, 0.1) is 5.41 Å². The van der Waals surface area contributed by atoms with Crippen LogP contribution in [0.3, 0.4) is 0 Å². The molecule has 1 nitrogen and oxygen atoms in total. The number of hydrogen-bond donors (Lipinski definition) is 1. The molecule has 0 fully saturated rings. The van der Waals surface area contributed by atoms with Crippen LogP contribution < -0.4 is 5.32 Å². The Morgan fingerprint density at radius 3 is 1.48 bits per heavy atom. The third kappa shape index (κ3) is 3.47. The summed E-state index contributed by atoms with van der Waals surface area (Å²) in [4.78, 5) is 0. The highest BCUT2D eigenvalue weighted by molar-refractivity contribution is 6.00. The Hall–Kier alpha value is -5.66. The fourth-order valence-electron chi connectivity index (χ4n) is 7.73. The number of para-hydroxylation sites is 1. The van der Waals surface area contributed by atoms with Gasteiger partial charge in [-0.3, -0.25) is 0 Å². The first-order valence-corrected chi connectivity index (χ1v) is 15.3. The van der Waals surface area contributed by atoms with E-state index in [4.69, 9.17) is 0 Å². The Labute approximate surface area is 258 Å². The molecule has 1 spiro atoms. The van der Waals surface area contributed by atoms with Crippen molar-refractivity contribution in [3.05, 3.63) is 192 Å². The van der Waals surface area contributed by atoms with Crippen LogP contribution in [0.2, 0.25) is 0 Å². The van der Waals surface area contributed by atoms with Crippen molar-refractivity contribution in [1.29, 1.82) is 0 Å². The van der Waals surface area contributed by atoms with E-state index in [9.17, 15) is 0 Å². The molecule has 9 rings (SSSR count). The molecule has 0 atom stereocenters. The number of anilines is 2. The van der Waals surface area contributed by atoms with E-state index in [1.54, 1.807) is 0 Å². The standard InChI is InChI=1S/C43H29N/c1-2-13-29(14-3-1)32-15-7-11-24-41(32)44-31-27-25-30(26-28-31)33-19-12-23-40-42(33)36-18-6-10-22-39(36)43(40)37-20-8-4-16-34(37)35-17-5-9-21-38(35)43/h1-28,44H. The van der Waals surface area contributed by atoms with E-state index in [2.05, 4.69) is 175 Å². The van der Waals surface area contributed by atoms with Crippen LogP contribution in [0.1, 0.15) is 22.3 Å². The topological polar surface area (TPSA) is 12.0 Å². The molecule has 0 radical (unpaired) electrons. The van der Waals surface area contributed by atoms with Gasteiger partial charge in [0.2, 0.25) is 0 Å². The van der Waals surface area contributed by atoms with Gasteiger partial charge in [-0.1, -0.05) is 152 Å². The summed E-state index contributed by atoms with van der Waals surface area (Å²) >= 11 is 0. The third-order valence-electron chi connectivity index (χ3n) is 9.51. The molecule has 0 amide bonds. The molecule has 0 heterocycles. The SMILES string of the molecule is c1ccc(-c2ccccc2Nc2ccc(-c3cccc4c3-c3ccccc3C43c4ccccc4-c4ccccc43)cc2)cc1. The molecule has 0 saturated heterocycles. The monoisotopic (exact) mass is 559 g/mol. The number of hydrogen-bond acceptors (Lipinski definition) is 1. The van der Waals surface area contributed by atoms with E-state index in [1.165, 1.54) is 66.8 Å². The molecule has 1 heteroatoms. The average molecular weight is 560 g/mol. The van der Waals surface area contributed by atoms with Gasteiger partial charge in [-0.2, -0.15) is 0 Å². The quantitative estimate of drug-likeness (QED) is 0.226. The van der Waals surface area contributed by atoms with Crippen molar-refractivity contribution in [2.75, 3.05) is 5.32 Å². The van der Waals surface area contributed by atoms with Gasteiger partial charge < -0.3 is 5.32 Å². The summed E-state index contributed by atoms with van der Waals surface area (Å²) in [5, 5.41) is 3.68. The number of benzene rings is 7. The average Bonchev–Trinajstić information content (AvgIpc) is 3.57. The first-order valence-electron chi connectivity index (χ1n) is 15.3. The Balaban J connectivity index is 1.18. The Morgan fingerprint density at radius 2 is 0.795 bits per heavy atom. The summed E-state index contributed by atoms with van der Waals surface area (Å²) in [6.07, 6.45) is 0.